The van der Waals surface area contributed by atoms with Crippen LogP contribution in [-0.4, -0.2) is 29.1 Å². The number of hydrogen-bond acceptors (Lipinski definition) is 7. The average Bonchev–Trinajstić information content (AvgIpc) is 2.99. The Labute approximate surface area is 125 Å². The lowest BCUT2D eigenvalue weighted by Gasteiger charge is -2.04. The number of anilines is 2. The number of nitrogens with two attached hydrogens (primary N) is 1. The number of aryl methyl sites for hydroxylation is 1. The summed E-state index contributed by atoms with van der Waals surface area (Å²) in [6.45, 7) is 0.627. The maximum Gasteiger partial charge on any atom is 0.350 e. The molecule has 2 aromatic rings. The van der Waals surface area contributed by atoms with Gasteiger partial charge in [-0.2, -0.15) is 5.10 Å². The molecule has 2 rings (SSSR count). The normalized spacial score (nSPS) is 10.6. The summed E-state index contributed by atoms with van der Waals surface area (Å²) in [6.07, 6.45) is 5.66. The Kier molecular flexibility index (Phi) is 4.56. The predicted molar refractivity (Wildman–Crippen MR) is 82.4 cm³/mol. The molecule has 2 aromatic heterocycles. The van der Waals surface area contributed by atoms with Crippen LogP contribution in [0.3, 0.4) is 0 Å². The second-order valence-corrected chi connectivity index (χ2v) is 5.91. The Morgan fingerprint density at radius 1 is 1.65 bits per heavy atom. The number of nitrogen functional groups attached to an aromatic ring is 1. The minimum atomic E-state index is -0.405. The summed E-state index contributed by atoms with van der Waals surface area (Å²) in [5.74, 6) is -0.405. The molecule has 0 radical (unpaired) electrons. The first-order chi connectivity index (χ1) is 9.56. The van der Waals surface area contributed by atoms with E-state index in [1.165, 1.54) is 30.2 Å². The summed E-state index contributed by atoms with van der Waals surface area (Å²) in [5, 5.41) is 8.28. The molecule has 3 N–H and O–H groups in total. The van der Waals surface area contributed by atoms with E-state index in [1.807, 2.05) is 19.5 Å². The zero-order chi connectivity index (χ0) is 14.7. The van der Waals surface area contributed by atoms with Crippen LogP contribution < -0.4 is 11.1 Å². The number of carbonyl (C=O) groups is 1. The van der Waals surface area contributed by atoms with Gasteiger partial charge in [-0.25, -0.2) is 4.79 Å². The number of rotatable bonds is 5. The van der Waals surface area contributed by atoms with Crippen LogP contribution in [0, 0.1) is 0 Å². The minimum absolute atomic E-state index is 0.405. The Bertz CT molecular complexity index is 621. The second kappa shape index (κ2) is 6.19. The summed E-state index contributed by atoms with van der Waals surface area (Å²) in [4.78, 5) is 13.0. The van der Waals surface area contributed by atoms with Crippen LogP contribution in [0.5, 0.6) is 0 Å². The van der Waals surface area contributed by atoms with E-state index in [4.69, 9.17) is 10.5 Å². The highest BCUT2D eigenvalue weighted by atomic mass is 32.2. The van der Waals surface area contributed by atoms with E-state index < -0.39 is 5.97 Å². The number of methoxy groups -OCH3 is 1. The fourth-order valence-electron chi connectivity index (χ4n) is 1.74. The molecule has 8 heteroatoms. The molecule has 0 aliphatic carbocycles. The molecule has 0 unspecified atom stereocenters. The van der Waals surface area contributed by atoms with Gasteiger partial charge in [0.05, 0.1) is 23.9 Å². The van der Waals surface area contributed by atoms with Crippen molar-refractivity contribution < 1.29 is 9.53 Å². The molecule has 0 aliphatic heterocycles. The largest absolute Gasteiger partial charge is 0.465 e. The summed E-state index contributed by atoms with van der Waals surface area (Å²) in [5.41, 5.74) is 7.53. The zero-order valence-electron chi connectivity index (χ0n) is 11.5. The summed E-state index contributed by atoms with van der Waals surface area (Å²) in [7, 11) is 3.22. The smallest absolute Gasteiger partial charge is 0.350 e. The van der Waals surface area contributed by atoms with Crippen molar-refractivity contribution in [1.29, 1.82) is 0 Å². The first-order valence-electron chi connectivity index (χ1n) is 5.82. The van der Waals surface area contributed by atoms with Gasteiger partial charge in [-0.3, -0.25) is 4.68 Å². The number of carbonyl (C=O) groups excluding carboxylic acids is 1. The van der Waals surface area contributed by atoms with E-state index in [0.717, 1.165) is 15.5 Å². The van der Waals surface area contributed by atoms with E-state index in [0.29, 0.717) is 17.1 Å². The second-order valence-electron chi connectivity index (χ2n) is 4.07. The maximum atomic E-state index is 11.7. The Morgan fingerprint density at radius 2 is 2.40 bits per heavy atom. The van der Waals surface area contributed by atoms with Gasteiger partial charge in [0, 0.05) is 25.4 Å². The number of aromatic nitrogens is 2. The zero-order valence-corrected chi connectivity index (χ0v) is 13.1. The van der Waals surface area contributed by atoms with Crippen LogP contribution in [0.25, 0.3) is 0 Å². The van der Waals surface area contributed by atoms with Crippen molar-refractivity contribution >= 4 is 39.8 Å². The fraction of sp³-hybridized carbons (Fsp3) is 0.333. The molecule has 0 atom stereocenters. The maximum absolute atomic E-state index is 11.7. The van der Waals surface area contributed by atoms with Crippen LogP contribution in [0.2, 0.25) is 0 Å². The quantitative estimate of drug-likeness (QED) is 0.650. The van der Waals surface area contributed by atoms with Gasteiger partial charge in [0.2, 0.25) is 0 Å². The third-order valence-electron chi connectivity index (χ3n) is 2.69. The number of esters is 1. The summed E-state index contributed by atoms with van der Waals surface area (Å²) in [6, 6.07) is 0. The lowest BCUT2D eigenvalue weighted by molar-refractivity contribution is 0.0607. The van der Waals surface area contributed by atoms with Crippen LogP contribution in [0.15, 0.2) is 17.3 Å². The third kappa shape index (κ3) is 2.91. The number of thioether (sulfide) groups is 1. The van der Waals surface area contributed by atoms with Gasteiger partial charge in [0.15, 0.2) is 0 Å². The highest BCUT2D eigenvalue weighted by molar-refractivity contribution is 7.99. The van der Waals surface area contributed by atoms with Crippen LogP contribution >= 0.6 is 23.1 Å². The van der Waals surface area contributed by atoms with Gasteiger partial charge in [0.25, 0.3) is 0 Å². The number of thiophene rings is 1. The Hall–Kier alpha value is -1.67. The number of hydrogen-bond donors (Lipinski definition) is 2. The van der Waals surface area contributed by atoms with Crippen molar-refractivity contribution in [3.05, 3.63) is 22.8 Å². The van der Waals surface area contributed by atoms with Crippen molar-refractivity contribution in [2.75, 3.05) is 24.4 Å². The molecule has 20 heavy (non-hydrogen) atoms. The van der Waals surface area contributed by atoms with Gasteiger partial charge >= 0.3 is 5.97 Å². The summed E-state index contributed by atoms with van der Waals surface area (Å²) < 4.78 is 6.48. The molecule has 0 amide bonds. The highest BCUT2D eigenvalue weighted by Gasteiger charge is 2.21. The molecule has 0 bridgehead atoms. The van der Waals surface area contributed by atoms with Gasteiger partial charge in [-0.15, -0.1) is 23.1 Å². The van der Waals surface area contributed by atoms with Gasteiger partial charge in [-0.05, 0) is 6.26 Å². The van der Waals surface area contributed by atoms with Crippen molar-refractivity contribution in [3.8, 4) is 0 Å². The molecule has 0 spiro atoms. The number of nitrogens with zero attached hydrogens (tertiary/aromatic N) is 2. The molecule has 108 valence electrons. The average molecular weight is 312 g/mol. The molecule has 2 heterocycles. The molecule has 0 saturated heterocycles. The Morgan fingerprint density at radius 3 is 2.95 bits per heavy atom. The number of nitrogens with one attached hydrogen (secondary N) is 1. The minimum Gasteiger partial charge on any atom is -0.465 e. The van der Waals surface area contributed by atoms with E-state index in [-0.39, 0.29) is 0 Å². The molecule has 0 saturated carbocycles. The first kappa shape index (κ1) is 14.7. The van der Waals surface area contributed by atoms with Gasteiger partial charge in [0.1, 0.15) is 9.88 Å². The van der Waals surface area contributed by atoms with E-state index >= 15 is 0 Å². The van der Waals surface area contributed by atoms with Crippen molar-refractivity contribution in [3.63, 3.8) is 0 Å². The highest BCUT2D eigenvalue weighted by Crippen LogP contribution is 2.42. The van der Waals surface area contributed by atoms with E-state index in [9.17, 15) is 4.79 Å². The molecule has 0 aromatic carbocycles. The molecular formula is C12H16N4O2S2. The monoisotopic (exact) mass is 312 g/mol. The van der Waals surface area contributed by atoms with Crippen LogP contribution in [0.1, 0.15) is 15.2 Å². The van der Waals surface area contributed by atoms with E-state index in [1.54, 1.807) is 10.9 Å². The first-order valence-corrected chi connectivity index (χ1v) is 7.87. The predicted octanol–water partition coefficient (Wildman–Crippen LogP) is 2.18. The van der Waals surface area contributed by atoms with Crippen molar-refractivity contribution in [2.45, 2.75) is 11.4 Å². The molecule has 6 nitrogen and oxygen atoms in total. The van der Waals surface area contributed by atoms with Crippen LogP contribution in [-0.2, 0) is 18.3 Å². The number of ether oxygens (including phenoxy) is 1. The summed E-state index contributed by atoms with van der Waals surface area (Å²) >= 11 is 2.82. The third-order valence-corrected chi connectivity index (χ3v) is 4.79. The lowest BCUT2D eigenvalue weighted by atomic mass is 10.3. The molecular weight excluding hydrogens is 296 g/mol. The standard InChI is InChI=1S/C12H16N4O2S2/c1-16-6-7(5-15-16)4-14-11-9(19-3)8(13)10(20-11)12(17)18-2/h5-6,14H,4,13H2,1-3H3. The Balaban J connectivity index is 2.20. The van der Waals surface area contributed by atoms with Crippen LogP contribution in [0.4, 0.5) is 10.7 Å². The molecule has 0 aliphatic rings. The molecule has 0 fully saturated rings. The van der Waals surface area contributed by atoms with Crippen molar-refractivity contribution in [1.82, 2.24) is 9.78 Å². The van der Waals surface area contributed by atoms with E-state index in [2.05, 4.69) is 10.4 Å². The topological polar surface area (TPSA) is 82.2 Å². The van der Waals surface area contributed by atoms with Gasteiger partial charge < -0.3 is 15.8 Å². The fourth-order valence-corrected chi connectivity index (χ4v) is 3.69. The SMILES string of the molecule is COC(=O)c1sc(NCc2cnn(C)c2)c(SC)c1N. The van der Waals surface area contributed by atoms with Crippen molar-refractivity contribution in [2.24, 2.45) is 7.05 Å². The van der Waals surface area contributed by atoms with Gasteiger partial charge in [-0.1, -0.05) is 0 Å². The lowest BCUT2D eigenvalue weighted by Crippen LogP contribution is -2.01.